The van der Waals surface area contributed by atoms with Crippen molar-refractivity contribution in [3.05, 3.63) is 23.5 Å². The van der Waals surface area contributed by atoms with Crippen LogP contribution in [0.25, 0.3) is 11.0 Å². The molecule has 0 fully saturated rings. The maximum atomic E-state index is 12.6. The summed E-state index contributed by atoms with van der Waals surface area (Å²) in [5.41, 5.74) is 1.89. The van der Waals surface area contributed by atoms with Crippen molar-refractivity contribution in [3.63, 3.8) is 0 Å². The standard InChI is InChI=1S/C18H26N4O3/c1-5-7-13(18(24)25)9-19-17(23)14-8-11(3)21-16-15(14)10-20-22(16)12(4)6-2/h8,10,12-13H,5-7,9H2,1-4H3,(H,19,23)(H,24,25). The van der Waals surface area contributed by atoms with Gasteiger partial charge in [-0.15, -0.1) is 0 Å². The van der Waals surface area contributed by atoms with E-state index in [1.807, 2.05) is 18.5 Å². The Hall–Kier alpha value is -2.44. The van der Waals surface area contributed by atoms with E-state index in [4.69, 9.17) is 0 Å². The highest BCUT2D eigenvalue weighted by Gasteiger charge is 2.20. The van der Waals surface area contributed by atoms with Gasteiger partial charge in [0.25, 0.3) is 5.91 Å². The Morgan fingerprint density at radius 2 is 2.08 bits per heavy atom. The molecule has 2 unspecified atom stereocenters. The third-order valence-corrected chi connectivity index (χ3v) is 4.44. The van der Waals surface area contributed by atoms with Crippen molar-refractivity contribution < 1.29 is 14.7 Å². The number of pyridine rings is 1. The summed E-state index contributed by atoms with van der Waals surface area (Å²) in [4.78, 5) is 28.4. The van der Waals surface area contributed by atoms with Crippen LogP contribution in [-0.2, 0) is 4.79 Å². The first-order valence-corrected chi connectivity index (χ1v) is 8.74. The number of aromatic nitrogens is 3. The van der Waals surface area contributed by atoms with Gasteiger partial charge < -0.3 is 10.4 Å². The number of nitrogens with one attached hydrogen (secondary N) is 1. The van der Waals surface area contributed by atoms with Crippen molar-refractivity contribution in [2.24, 2.45) is 5.92 Å². The topological polar surface area (TPSA) is 97.1 Å². The van der Waals surface area contributed by atoms with Gasteiger partial charge in [-0.3, -0.25) is 9.59 Å². The predicted molar refractivity (Wildman–Crippen MR) is 95.6 cm³/mol. The Bertz CT molecular complexity index is 769. The zero-order valence-corrected chi connectivity index (χ0v) is 15.2. The highest BCUT2D eigenvalue weighted by atomic mass is 16.4. The average Bonchev–Trinajstić information content (AvgIpc) is 3.00. The lowest BCUT2D eigenvalue weighted by molar-refractivity contribution is -0.141. The van der Waals surface area contributed by atoms with Crippen molar-refractivity contribution in [1.29, 1.82) is 0 Å². The number of carbonyl (C=O) groups is 2. The molecule has 0 bridgehead atoms. The van der Waals surface area contributed by atoms with E-state index in [9.17, 15) is 14.7 Å². The second-order valence-electron chi connectivity index (χ2n) is 6.43. The van der Waals surface area contributed by atoms with Crippen LogP contribution in [-0.4, -0.2) is 38.3 Å². The van der Waals surface area contributed by atoms with Crippen molar-refractivity contribution in [2.75, 3.05) is 6.54 Å². The van der Waals surface area contributed by atoms with Crippen LogP contribution in [0.5, 0.6) is 0 Å². The molecule has 2 N–H and O–H groups in total. The Kier molecular flexibility index (Phi) is 6.12. The van der Waals surface area contributed by atoms with Gasteiger partial charge in [-0.2, -0.15) is 5.10 Å². The second kappa shape index (κ2) is 8.09. The Labute approximate surface area is 147 Å². The number of aryl methyl sites for hydroxylation is 1. The number of carboxylic acid groups (broad SMARTS) is 1. The number of amides is 1. The van der Waals surface area contributed by atoms with Crippen LogP contribution in [0.15, 0.2) is 12.3 Å². The normalized spacial score (nSPS) is 13.6. The first-order chi connectivity index (χ1) is 11.9. The number of nitrogens with zero attached hydrogens (tertiary/aromatic N) is 3. The molecule has 0 aromatic carbocycles. The van der Waals surface area contributed by atoms with Crippen LogP contribution in [0.2, 0.25) is 0 Å². The number of hydrogen-bond acceptors (Lipinski definition) is 4. The van der Waals surface area contributed by atoms with E-state index in [0.29, 0.717) is 23.0 Å². The minimum atomic E-state index is -0.886. The Morgan fingerprint density at radius 3 is 2.68 bits per heavy atom. The van der Waals surface area contributed by atoms with Gasteiger partial charge in [-0.1, -0.05) is 20.3 Å². The first-order valence-electron chi connectivity index (χ1n) is 8.74. The van der Waals surface area contributed by atoms with Gasteiger partial charge in [0, 0.05) is 12.2 Å². The van der Waals surface area contributed by atoms with Gasteiger partial charge in [0.15, 0.2) is 5.65 Å². The maximum absolute atomic E-state index is 12.6. The summed E-state index contributed by atoms with van der Waals surface area (Å²) in [6.45, 7) is 8.00. The summed E-state index contributed by atoms with van der Waals surface area (Å²) in [5, 5.41) is 17.0. The number of carbonyl (C=O) groups excluding carboxylic acids is 1. The molecule has 1 amide bonds. The molecule has 2 aromatic rings. The molecule has 2 rings (SSSR count). The fourth-order valence-corrected chi connectivity index (χ4v) is 2.80. The van der Waals surface area contributed by atoms with Gasteiger partial charge in [0.1, 0.15) is 0 Å². The fourth-order valence-electron chi connectivity index (χ4n) is 2.80. The molecule has 7 heteroatoms. The van der Waals surface area contributed by atoms with E-state index in [1.54, 1.807) is 12.3 Å². The van der Waals surface area contributed by atoms with Gasteiger partial charge in [0.2, 0.25) is 0 Å². The largest absolute Gasteiger partial charge is 0.481 e. The minimum absolute atomic E-state index is 0.115. The summed E-state index contributed by atoms with van der Waals surface area (Å²) in [5.74, 6) is -1.75. The molecule has 7 nitrogen and oxygen atoms in total. The van der Waals surface area contributed by atoms with Gasteiger partial charge >= 0.3 is 5.97 Å². The van der Waals surface area contributed by atoms with Crippen molar-refractivity contribution in [2.45, 2.75) is 53.0 Å². The third-order valence-electron chi connectivity index (χ3n) is 4.44. The van der Waals surface area contributed by atoms with Crippen LogP contribution >= 0.6 is 0 Å². The minimum Gasteiger partial charge on any atom is -0.481 e. The van der Waals surface area contributed by atoms with E-state index in [-0.39, 0.29) is 18.5 Å². The zero-order valence-electron chi connectivity index (χ0n) is 15.2. The molecule has 0 radical (unpaired) electrons. The molecule has 136 valence electrons. The van der Waals surface area contributed by atoms with Crippen LogP contribution in [0, 0.1) is 12.8 Å². The SMILES string of the molecule is CCCC(CNC(=O)c1cc(C)nc2c1cnn2C(C)CC)C(=O)O. The van der Waals surface area contributed by atoms with E-state index in [0.717, 1.165) is 18.5 Å². The van der Waals surface area contributed by atoms with Crippen LogP contribution < -0.4 is 5.32 Å². The lowest BCUT2D eigenvalue weighted by Crippen LogP contribution is -2.33. The molecule has 0 aliphatic carbocycles. The molecule has 2 atom stereocenters. The van der Waals surface area contributed by atoms with Crippen LogP contribution in [0.4, 0.5) is 0 Å². The van der Waals surface area contributed by atoms with Crippen molar-refractivity contribution in [1.82, 2.24) is 20.1 Å². The molecular weight excluding hydrogens is 320 g/mol. The third kappa shape index (κ3) is 4.15. The lowest BCUT2D eigenvalue weighted by Gasteiger charge is -2.13. The van der Waals surface area contributed by atoms with Crippen LogP contribution in [0.3, 0.4) is 0 Å². The zero-order chi connectivity index (χ0) is 18.6. The number of hydrogen-bond donors (Lipinski definition) is 2. The lowest BCUT2D eigenvalue weighted by atomic mass is 10.0. The molecule has 25 heavy (non-hydrogen) atoms. The summed E-state index contributed by atoms with van der Waals surface area (Å²) < 4.78 is 1.83. The van der Waals surface area contributed by atoms with Gasteiger partial charge in [-0.25, -0.2) is 9.67 Å². The number of aliphatic carboxylic acids is 1. The first kappa shape index (κ1) is 18.9. The smallest absolute Gasteiger partial charge is 0.308 e. The van der Waals surface area contributed by atoms with Crippen LogP contribution in [0.1, 0.15) is 62.1 Å². The Morgan fingerprint density at radius 1 is 1.36 bits per heavy atom. The molecule has 0 saturated carbocycles. The molecule has 0 spiro atoms. The van der Waals surface area contributed by atoms with E-state index >= 15 is 0 Å². The number of rotatable bonds is 8. The van der Waals surface area contributed by atoms with E-state index in [2.05, 4.69) is 29.2 Å². The summed E-state index contributed by atoms with van der Waals surface area (Å²) in [6.07, 6.45) is 3.86. The van der Waals surface area contributed by atoms with Gasteiger partial charge in [-0.05, 0) is 32.8 Å². The fraction of sp³-hybridized carbons (Fsp3) is 0.556. The van der Waals surface area contributed by atoms with Gasteiger partial charge in [0.05, 0.1) is 29.1 Å². The van der Waals surface area contributed by atoms with E-state index < -0.39 is 11.9 Å². The van der Waals surface area contributed by atoms with Crippen molar-refractivity contribution in [3.8, 4) is 0 Å². The summed E-state index contributed by atoms with van der Waals surface area (Å²) in [6, 6.07) is 1.90. The molecule has 0 saturated heterocycles. The molecule has 0 aliphatic heterocycles. The average molecular weight is 346 g/mol. The highest BCUT2D eigenvalue weighted by Crippen LogP contribution is 2.22. The molecule has 0 aliphatic rings. The Balaban J connectivity index is 2.29. The van der Waals surface area contributed by atoms with E-state index in [1.165, 1.54) is 0 Å². The molecule has 2 aromatic heterocycles. The maximum Gasteiger partial charge on any atom is 0.308 e. The monoisotopic (exact) mass is 346 g/mol. The van der Waals surface area contributed by atoms with Crippen molar-refractivity contribution >= 4 is 22.9 Å². The summed E-state index contributed by atoms with van der Waals surface area (Å²) in [7, 11) is 0. The number of fused-ring (bicyclic) bond motifs is 1. The quantitative estimate of drug-likeness (QED) is 0.766. The highest BCUT2D eigenvalue weighted by molar-refractivity contribution is 6.05. The number of carboxylic acids is 1. The molecule has 2 heterocycles. The molecular formula is C18H26N4O3. The second-order valence-corrected chi connectivity index (χ2v) is 6.43. The predicted octanol–water partition coefficient (Wildman–Crippen LogP) is 2.94. The summed E-state index contributed by atoms with van der Waals surface area (Å²) >= 11 is 0.